The number of aryl methyl sites for hydroxylation is 2. The highest BCUT2D eigenvalue weighted by molar-refractivity contribution is 5.32. The second kappa shape index (κ2) is 7.26. The monoisotopic (exact) mass is 372 g/mol. The molecule has 1 aliphatic rings. The maximum absolute atomic E-state index is 13.3. The van der Waals surface area contributed by atoms with Crippen molar-refractivity contribution in [1.82, 2.24) is 29.5 Å². The normalized spacial score (nSPS) is 18.5. The van der Waals surface area contributed by atoms with Crippen LogP contribution in [0, 0.1) is 13.8 Å². The molecule has 27 heavy (non-hydrogen) atoms. The molecule has 1 atom stereocenters. The Labute approximate surface area is 156 Å². The molecule has 0 unspecified atom stereocenters. The second-order valence-corrected chi connectivity index (χ2v) is 7.21. The lowest BCUT2D eigenvalue weighted by atomic mass is 9.93. The number of piperidine rings is 1. The van der Waals surface area contributed by atoms with Crippen LogP contribution in [0.25, 0.3) is 5.78 Å². The van der Waals surface area contributed by atoms with E-state index >= 15 is 0 Å². The third-order valence-electron chi connectivity index (χ3n) is 4.99. The number of nitrogens with zero attached hydrogens (tertiary/aromatic N) is 6. The minimum Gasteiger partial charge on any atom is -0.298 e. The van der Waals surface area contributed by atoms with Gasteiger partial charge in [-0.05, 0) is 57.0 Å². The fraction of sp³-hybridized carbons (Fsp3) is 0.474. The van der Waals surface area contributed by atoms with Crippen molar-refractivity contribution in [2.45, 2.75) is 45.6 Å². The van der Waals surface area contributed by atoms with Crippen molar-refractivity contribution in [2.75, 3.05) is 13.1 Å². The van der Waals surface area contributed by atoms with Gasteiger partial charge in [-0.1, -0.05) is 0 Å². The van der Waals surface area contributed by atoms with Gasteiger partial charge in [0.1, 0.15) is 12.0 Å². The summed E-state index contributed by atoms with van der Waals surface area (Å²) in [6.07, 6.45) is 0.695. The Morgan fingerprint density at radius 1 is 1.15 bits per heavy atom. The summed E-state index contributed by atoms with van der Waals surface area (Å²) in [5.74, 6) is 0.354. The van der Waals surface area contributed by atoms with Crippen molar-refractivity contribution in [1.29, 1.82) is 0 Å². The molecule has 8 heteroatoms. The van der Waals surface area contributed by atoms with E-state index in [1.807, 2.05) is 13.8 Å². The number of pyridine rings is 1. The zero-order valence-corrected chi connectivity index (χ0v) is 15.4. The second-order valence-electron chi connectivity index (χ2n) is 7.21. The van der Waals surface area contributed by atoms with Crippen LogP contribution in [0.5, 0.6) is 0 Å². The molecule has 1 saturated heterocycles. The third kappa shape index (κ3) is 3.80. The van der Waals surface area contributed by atoms with Crippen LogP contribution in [-0.2, 0) is 6.54 Å². The summed E-state index contributed by atoms with van der Waals surface area (Å²) in [5, 5.41) is 4.20. The average Bonchev–Trinajstić information content (AvgIpc) is 3.08. The Hall–Kier alpha value is -2.48. The molecule has 4 rings (SSSR count). The summed E-state index contributed by atoms with van der Waals surface area (Å²) in [6, 6.07) is 5.70. The largest absolute Gasteiger partial charge is 0.298 e. The van der Waals surface area contributed by atoms with E-state index in [9.17, 15) is 8.78 Å². The van der Waals surface area contributed by atoms with Gasteiger partial charge in [0.25, 0.3) is 12.2 Å². The van der Waals surface area contributed by atoms with Crippen LogP contribution >= 0.6 is 0 Å². The number of likely N-dealkylation sites (tertiary alicyclic amines) is 1. The first-order valence-electron chi connectivity index (χ1n) is 9.15. The van der Waals surface area contributed by atoms with Gasteiger partial charge in [-0.3, -0.25) is 9.88 Å². The predicted octanol–water partition coefficient (Wildman–Crippen LogP) is 3.45. The quantitative estimate of drug-likeness (QED) is 0.702. The number of fused-ring (bicyclic) bond motifs is 1. The molecule has 0 aliphatic carbocycles. The molecule has 0 amide bonds. The Morgan fingerprint density at radius 2 is 1.93 bits per heavy atom. The van der Waals surface area contributed by atoms with E-state index in [2.05, 4.69) is 37.1 Å². The van der Waals surface area contributed by atoms with Crippen LogP contribution in [-0.4, -0.2) is 42.6 Å². The highest BCUT2D eigenvalue weighted by atomic mass is 19.3. The lowest BCUT2D eigenvalue weighted by Gasteiger charge is -2.33. The molecular formula is C19H22F2N6. The lowest BCUT2D eigenvalue weighted by molar-refractivity contribution is 0.145. The molecule has 0 bridgehead atoms. The fourth-order valence-electron chi connectivity index (χ4n) is 3.97. The Kier molecular flexibility index (Phi) is 4.82. The number of aromatic nitrogens is 5. The number of hydrogen-bond donors (Lipinski definition) is 0. The SMILES string of the molecule is Cc1cc(CN2CCC[C@H](c3cc(C(F)F)nc4ncnn34)C2)cc(C)n1. The van der Waals surface area contributed by atoms with Crippen LogP contribution in [0.3, 0.4) is 0 Å². The minimum atomic E-state index is -2.62. The molecule has 0 aromatic carbocycles. The van der Waals surface area contributed by atoms with Gasteiger partial charge >= 0.3 is 0 Å². The summed E-state index contributed by atoms with van der Waals surface area (Å²) in [4.78, 5) is 14.7. The van der Waals surface area contributed by atoms with Gasteiger partial charge in [0, 0.05) is 30.4 Å². The zero-order valence-electron chi connectivity index (χ0n) is 15.4. The zero-order chi connectivity index (χ0) is 19.0. The first-order chi connectivity index (χ1) is 13.0. The fourth-order valence-corrected chi connectivity index (χ4v) is 3.97. The molecule has 0 radical (unpaired) electrons. The van der Waals surface area contributed by atoms with E-state index in [4.69, 9.17) is 0 Å². The molecule has 1 fully saturated rings. The maximum Gasteiger partial charge on any atom is 0.280 e. The van der Waals surface area contributed by atoms with Crippen molar-refractivity contribution < 1.29 is 8.78 Å². The van der Waals surface area contributed by atoms with Crippen molar-refractivity contribution >= 4 is 5.78 Å². The Morgan fingerprint density at radius 3 is 2.67 bits per heavy atom. The van der Waals surface area contributed by atoms with Crippen LogP contribution in [0.15, 0.2) is 24.5 Å². The van der Waals surface area contributed by atoms with Crippen LogP contribution in [0.2, 0.25) is 0 Å². The Bertz CT molecular complexity index is 934. The highest BCUT2D eigenvalue weighted by Crippen LogP contribution is 2.30. The molecule has 0 saturated carbocycles. The smallest absolute Gasteiger partial charge is 0.280 e. The summed E-state index contributed by atoms with van der Waals surface area (Å²) < 4.78 is 28.1. The van der Waals surface area contributed by atoms with Gasteiger partial charge in [-0.2, -0.15) is 10.1 Å². The van der Waals surface area contributed by atoms with E-state index in [0.29, 0.717) is 0 Å². The topological polar surface area (TPSA) is 59.2 Å². The van der Waals surface area contributed by atoms with Gasteiger partial charge in [-0.15, -0.1) is 0 Å². The van der Waals surface area contributed by atoms with Crippen LogP contribution in [0.4, 0.5) is 8.78 Å². The van der Waals surface area contributed by atoms with Gasteiger partial charge < -0.3 is 0 Å². The molecule has 6 nitrogen and oxygen atoms in total. The summed E-state index contributed by atoms with van der Waals surface area (Å²) in [5.41, 5.74) is 3.79. The molecule has 3 aromatic heterocycles. The number of alkyl halides is 2. The van der Waals surface area contributed by atoms with Crippen molar-refractivity contribution in [3.8, 4) is 0 Å². The number of rotatable bonds is 4. The molecule has 4 heterocycles. The summed E-state index contributed by atoms with van der Waals surface area (Å²) in [7, 11) is 0. The van der Waals surface area contributed by atoms with Gasteiger partial charge in [0.15, 0.2) is 0 Å². The van der Waals surface area contributed by atoms with E-state index in [1.165, 1.54) is 18.0 Å². The number of hydrogen-bond acceptors (Lipinski definition) is 5. The first kappa shape index (κ1) is 17.9. The average molecular weight is 372 g/mol. The Balaban J connectivity index is 1.59. The molecule has 3 aromatic rings. The lowest BCUT2D eigenvalue weighted by Crippen LogP contribution is -2.34. The standard InChI is InChI=1S/C19H22F2N6/c1-12-6-14(7-13(2)24-12)9-26-5-3-4-15(10-26)17-8-16(18(20)21)25-19-22-11-23-27(17)19/h6-8,11,15,18H,3-5,9-10H2,1-2H3/t15-/m0/s1. The van der Waals surface area contributed by atoms with Gasteiger partial charge in [0.2, 0.25) is 0 Å². The minimum absolute atomic E-state index is 0.118. The molecule has 142 valence electrons. The van der Waals surface area contributed by atoms with E-state index in [1.54, 1.807) is 4.52 Å². The molecule has 1 aliphatic heterocycles. The third-order valence-corrected chi connectivity index (χ3v) is 4.99. The van der Waals surface area contributed by atoms with Crippen molar-refractivity contribution in [2.24, 2.45) is 0 Å². The molecular weight excluding hydrogens is 350 g/mol. The maximum atomic E-state index is 13.3. The van der Waals surface area contributed by atoms with E-state index in [-0.39, 0.29) is 17.4 Å². The molecule has 0 spiro atoms. The van der Waals surface area contributed by atoms with Crippen LogP contribution < -0.4 is 0 Å². The van der Waals surface area contributed by atoms with Crippen LogP contribution in [0.1, 0.15) is 53.5 Å². The number of halogens is 2. The molecule has 0 N–H and O–H groups in total. The van der Waals surface area contributed by atoms with Crippen molar-refractivity contribution in [3.05, 3.63) is 52.9 Å². The predicted molar refractivity (Wildman–Crippen MR) is 96.7 cm³/mol. The highest BCUT2D eigenvalue weighted by Gasteiger charge is 2.26. The first-order valence-corrected chi connectivity index (χ1v) is 9.15. The summed E-state index contributed by atoms with van der Waals surface area (Å²) in [6.45, 7) is 6.61. The van der Waals surface area contributed by atoms with E-state index < -0.39 is 6.43 Å². The van der Waals surface area contributed by atoms with Gasteiger partial charge in [-0.25, -0.2) is 18.3 Å². The van der Waals surface area contributed by atoms with Crippen molar-refractivity contribution in [3.63, 3.8) is 0 Å². The summed E-state index contributed by atoms with van der Waals surface area (Å²) >= 11 is 0. The van der Waals surface area contributed by atoms with E-state index in [0.717, 1.165) is 49.6 Å². The van der Waals surface area contributed by atoms with Gasteiger partial charge in [0.05, 0.1) is 5.69 Å².